The van der Waals surface area contributed by atoms with Crippen molar-refractivity contribution >= 4 is 16.0 Å². The van der Waals surface area contributed by atoms with Crippen molar-refractivity contribution in [3.05, 3.63) is 35.4 Å². The van der Waals surface area contributed by atoms with Crippen LogP contribution >= 0.6 is 0 Å². The van der Waals surface area contributed by atoms with Crippen molar-refractivity contribution in [2.75, 3.05) is 34.2 Å². The van der Waals surface area contributed by atoms with E-state index in [1.807, 2.05) is 26.2 Å². The molecule has 2 rings (SSSR count). The van der Waals surface area contributed by atoms with Gasteiger partial charge in [0.2, 0.25) is 0 Å². The predicted octanol–water partition coefficient (Wildman–Crippen LogP) is 1.73. The van der Waals surface area contributed by atoms with E-state index in [-0.39, 0.29) is 32.0 Å². The Balaban J connectivity index is 1.83. The van der Waals surface area contributed by atoms with Crippen LogP contribution in [0.4, 0.5) is 13.2 Å². The number of nitrogens with zero attached hydrogens (tertiary/aromatic N) is 3. The Bertz CT molecular complexity index is 787. The van der Waals surface area contributed by atoms with E-state index < -0.39 is 15.5 Å². The number of halogens is 3. The third kappa shape index (κ3) is 6.58. The number of aliphatic imine (C=N–C) groups is 1. The number of hydrogen-bond acceptors (Lipinski definition) is 4. The van der Waals surface area contributed by atoms with E-state index in [9.17, 15) is 21.6 Å². The summed E-state index contributed by atoms with van der Waals surface area (Å²) in [4.78, 5) is 6.22. The minimum absolute atomic E-state index is 0.150. The van der Waals surface area contributed by atoms with Crippen molar-refractivity contribution in [2.24, 2.45) is 4.99 Å². The Morgan fingerprint density at radius 1 is 1.17 bits per heavy atom. The molecule has 1 aliphatic heterocycles. The normalized spacial score (nSPS) is 17.6. The first-order valence-electron chi connectivity index (χ1n) is 9.29. The molecule has 0 aromatic heterocycles. The molecule has 0 amide bonds. The zero-order valence-electron chi connectivity index (χ0n) is 16.8. The molecule has 2 N–H and O–H groups in total. The maximum absolute atomic E-state index is 12.7. The van der Waals surface area contributed by atoms with Gasteiger partial charge in [-0.3, -0.25) is 4.99 Å². The molecule has 0 radical (unpaired) electrons. The molecule has 11 heteroatoms. The fraction of sp³-hybridized carbons (Fsp3) is 0.611. The molecule has 1 saturated heterocycles. The van der Waals surface area contributed by atoms with Crippen molar-refractivity contribution in [2.45, 2.75) is 37.5 Å². The molecule has 1 fully saturated rings. The van der Waals surface area contributed by atoms with Gasteiger partial charge in [-0.2, -0.15) is 17.5 Å². The molecule has 0 bridgehead atoms. The molecular formula is C18H28F3N5O2S. The summed E-state index contributed by atoms with van der Waals surface area (Å²) in [7, 11) is 0.368. The molecular weight excluding hydrogens is 407 g/mol. The summed E-state index contributed by atoms with van der Waals surface area (Å²) in [6, 6.07) is 8.02. The lowest BCUT2D eigenvalue weighted by atomic mass is 10.1. The number of hydrogen-bond donors (Lipinski definition) is 2. The van der Waals surface area contributed by atoms with Gasteiger partial charge in [-0.05, 0) is 38.1 Å². The molecule has 1 aromatic carbocycles. The first kappa shape index (κ1) is 23.4. The second-order valence-electron chi connectivity index (χ2n) is 7.25. The fourth-order valence-electron chi connectivity index (χ4n) is 3.09. The zero-order valence-corrected chi connectivity index (χ0v) is 17.6. The molecule has 0 saturated carbocycles. The van der Waals surface area contributed by atoms with Gasteiger partial charge in [-0.15, -0.1) is 0 Å². The van der Waals surface area contributed by atoms with Crippen LogP contribution in [-0.4, -0.2) is 69.4 Å². The van der Waals surface area contributed by atoms with E-state index in [1.165, 1.54) is 5.56 Å². The van der Waals surface area contributed by atoms with E-state index in [0.717, 1.165) is 12.1 Å². The van der Waals surface area contributed by atoms with E-state index >= 15 is 0 Å². The smallest absolute Gasteiger partial charge is 0.354 e. The topological polar surface area (TPSA) is 77.0 Å². The molecule has 1 aliphatic rings. The number of benzene rings is 1. The van der Waals surface area contributed by atoms with Gasteiger partial charge in [-0.1, -0.05) is 24.3 Å². The van der Waals surface area contributed by atoms with Crippen molar-refractivity contribution in [1.82, 2.24) is 19.8 Å². The summed E-state index contributed by atoms with van der Waals surface area (Å²) in [5, 5.41) is 6.33. The van der Waals surface area contributed by atoms with Gasteiger partial charge < -0.3 is 15.5 Å². The Morgan fingerprint density at radius 2 is 1.72 bits per heavy atom. The zero-order chi connectivity index (χ0) is 21.7. The number of guanidine groups is 1. The third-order valence-corrected chi connectivity index (χ3v) is 6.26. The van der Waals surface area contributed by atoms with Gasteiger partial charge in [-0.25, -0.2) is 8.42 Å². The van der Waals surface area contributed by atoms with E-state index in [4.69, 9.17) is 0 Å². The van der Waals surface area contributed by atoms with Gasteiger partial charge in [0, 0.05) is 39.3 Å². The Morgan fingerprint density at radius 3 is 2.21 bits per heavy atom. The third-order valence-electron chi connectivity index (χ3n) is 4.63. The highest BCUT2D eigenvalue weighted by Crippen LogP contribution is 2.28. The summed E-state index contributed by atoms with van der Waals surface area (Å²) in [6.45, 7) is 1.05. The van der Waals surface area contributed by atoms with Crippen LogP contribution in [0.5, 0.6) is 0 Å². The number of piperidine rings is 1. The predicted molar refractivity (Wildman–Crippen MR) is 107 cm³/mol. The summed E-state index contributed by atoms with van der Waals surface area (Å²) < 4.78 is 61.4. The van der Waals surface area contributed by atoms with Crippen LogP contribution in [0, 0.1) is 0 Å². The molecule has 29 heavy (non-hydrogen) atoms. The highest BCUT2D eigenvalue weighted by molar-refractivity contribution is 7.90. The lowest BCUT2D eigenvalue weighted by molar-refractivity contribution is -0.0494. The molecule has 0 spiro atoms. The van der Waals surface area contributed by atoms with Crippen molar-refractivity contribution < 1.29 is 21.6 Å². The average molecular weight is 436 g/mol. The van der Waals surface area contributed by atoms with Crippen LogP contribution in [0.3, 0.4) is 0 Å². The maximum Gasteiger partial charge on any atom is 0.511 e. The number of sulfonamides is 1. The summed E-state index contributed by atoms with van der Waals surface area (Å²) >= 11 is 0. The van der Waals surface area contributed by atoms with E-state index in [0.29, 0.717) is 16.8 Å². The molecule has 0 atom stereocenters. The Kier molecular flexibility index (Phi) is 7.89. The fourth-order valence-corrected chi connectivity index (χ4v) is 4.07. The van der Waals surface area contributed by atoms with Crippen LogP contribution in [0.1, 0.15) is 24.0 Å². The van der Waals surface area contributed by atoms with Crippen LogP contribution in [0.2, 0.25) is 0 Å². The van der Waals surface area contributed by atoms with Gasteiger partial charge in [0.05, 0.1) is 0 Å². The molecule has 1 heterocycles. The lowest BCUT2D eigenvalue weighted by Gasteiger charge is -2.32. The maximum atomic E-state index is 12.7. The van der Waals surface area contributed by atoms with Crippen molar-refractivity contribution in [1.29, 1.82) is 0 Å². The van der Waals surface area contributed by atoms with Crippen LogP contribution < -0.4 is 10.6 Å². The SMILES string of the molecule is CN=C(NCc1ccc(CN(C)C)cc1)NC1CCN(S(=O)(=O)C(F)(F)F)CC1. The van der Waals surface area contributed by atoms with E-state index in [2.05, 4.69) is 32.7 Å². The van der Waals surface area contributed by atoms with Crippen molar-refractivity contribution in [3.63, 3.8) is 0 Å². The molecule has 7 nitrogen and oxygen atoms in total. The van der Waals surface area contributed by atoms with Crippen molar-refractivity contribution in [3.8, 4) is 0 Å². The average Bonchev–Trinajstić information content (AvgIpc) is 2.65. The second kappa shape index (κ2) is 9.77. The highest BCUT2D eigenvalue weighted by Gasteiger charge is 2.50. The van der Waals surface area contributed by atoms with Gasteiger partial charge in [0.25, 0.3) is 0 Å². The second-order valence-corrected chi connectivity index (χ2v) is 9.18. The van der Waals surface area contributed by atoms with Crippen LogP contribution in [0.25, 0.3) is 0 Å². The number of rotatable bonds is 6. The lowest BCUT2D eigenvalue weighted by Crippen LogP contribution is -2.51. The van der Waals surface area contributed by atoms with Crippen LogP contribution in [0.15, 0.2) is 29.3 Å². The largest absolute Gasteiger partial charge is 0.511 e. The number of alkyl halides is 3. The summed E-state index contributed by atoms with van der Waals surface area (Å²) in [5.74, 6) is 0.527. The first-order valence-corrected chi connectivity index (χ1v) is 10.7. The summed E-state index contributed by atoms with van der Waals surface area (Å²) in [5.41, 5.74) is -2.98. The number of nitrogens with one attached hydrogen (secondary N) is 2. The van der Waals surface area contributed by atoms with Gasteiger partial charge >= 0.3 is 15.5 Å². The Hall–Kier alpha value is -1.85. The minimum Gasteiger partial charge on any atom is -0.354 e. The summed E-state index contributed by atoms with van der Waals surface area (Å²) in [6.07, 6.45) is 0.546. The highest BCUT2D eigenvalue weighted by atomic mass is 32.2. The quantitative estimate of drug-likeness (QED) is 0.526. The minimum atomic E-state index is -5.26. The van der Waals surface area contributed by atoms with Gasteiger partial charge in [0.15, 0.2) is 5.96 Å². The standard InChI is InChI=1S/C18H28F3N5O2S/c1-22-17(23-12-14-4-6-15(7-5-14)13-25(2)3)24-16-8-10-26(11-9-16)29(27,28)18(19,20)21/h4-7,16H,8-13H2,1-3H3,(H2,22,23,24). The monoisotopic (exact) mass is 435 g/mol. The first-order chi connectivity index (χ1) is 13.5. The van der Waals surface area contributed by atoms with Crippen LogP contribution in [-0.2, 0) is 23.1 Å². The van der Waals surface area contributed by atoms with E-state index in [1.54, 1.807) is 7.05 Å². The molecule has 0 aliphatic carbocycles. The molecule has 0 unspecified atom stereocenters. The molecule has 1 aromatic rings. The van der Waals surface area contributed by atoms with Gasteiger partial charge in [0.1, 0.15) is 0 Å². The Labute approximate surface area is 170 Å². The molecule has 164 valence electrons.